The highest BCUT2D eigenvalue weighted by Gasteiger charge is 2.21. The molecule has 17 heavy (non-hydrogen) atoms. The van der Waals surface area contributed by atoms with Crippen LogP contribution in [0.25, 0.3) is 0 Å². The highest BCUT2D eigenvalue weighted by Crippen LogP contribution is 2.11. The van der Waals surface area contributed by atoms with E-state index in [0.717, 1.165) is 25.9 Å². The van der Waals surface area contributed by atoms with Crippen LogP contribution in [0.1, 0.15) is 12.8 Å². The first kappa shape index (κ1) is 11.9. The SMILES string of the molecule is N#C/C(=C/N1CCCC1)C(=O)N1CCOCC1. The van der Waals surface area contributed by atoms with Gasteiger partial charge in [-0.3, -0.25) is 4.79 Å². The largest absolute Gasteiger partial charge is 0.378 e. The molecule has 0 N–H and O–H groups in total. The molecule has 2 saturated heterocycles. The Balaban J connectivity index is 2.01. The van der Waals surface area contributed by atoms with Crippen molar-refractivity contribution in [2.45, 2.75) is 12.8 Å². The third kappa shape index (κ3) is 2.98. The van der Waals surface area contributed by atoms with Crippen molar-refractivity contribution in [1.82, 2.24) is 9.80 Å². The van der Waals surface area contributed by atoms with E-state index in [1.165, 1.54) is 0 Å². The molecule has 0 radical (unpaired) electrons. The van der Waals surface area contributed by atoms with Crippen LogP contribution in [0.2, 0.25) is 0 Å². The number of rotatable bonds is 2. The minimum Gasteiger partial charge on any atom is -0.378 e. The van der Waals surface area contributed by atoms with E-state index in [1.807, 2.05) is 6.07 Å². The molecular weight excluding hydrogens is 218 g/mol. The fourth-order valence-electron chi connectivity index (χ4n) is 2.12. The Morgan fingerprint density at radius 3 is 2.41 bits per heavy atom. The topological polar surface area (TPSA) is 56.6 Å². The summed E-state index contributed by atoms with van der Waals surface area (Å²) in [7, 11) is 0. The normalized spacial score (nSPS) is 21.5. The van der Waals surface area contributed by atoms with Crippen LogP contribution in [-0.2, 0) is 9.53 Å². The highest BCUT2D eigenvalue weighted by atomic mass is 16.5. The van der Waals surface area contributed by atoms with Gasteiger partial charge in [0.2, 0.25) is 0 Å². The number of nitriles is 1. The van der Waals surface area contributed by atoms with Crippen LogP contribution >= 0.6 is 0 Å². The average Bonchev–Trinajstić information content (AvgIpc) is 2.89. The maximum Gasteiger partial charge on any atom is 0.266 e. The van der Waals surface area contributed by atoms with Crippen molar-refractivity contribution >= 4 is 5.91 Å². The molecule has 0 bridgehead atoms. The van der Waals surface area contributed by atoms with Crippen molar-refractivity contribution in [2.75, 3.05) is 39.4 Å². The maximum atomic E-state index is 12.1. The predicted octanol–water partition coefficient (Wildman–Crippen LogP) is 0.348. The summed E-state index contributed by atoms with van der Waals surface area (Å²) in [4.78, 5) is 15.8. The summed E-state index contributed by atoms with van der Waals surface area (Å²) in [6.45, 7) is 4.18. The molecule has 0 aromatic heterocycles. The van der Waals surface area contributed by atoms with Crippen LogP contribution in [-0.4, -0.2) is 55.1 Å². The van der Waals surface area contributed by atoms with Gasteiger partial charge in [-0.2, -0.15) is 5.26 Å². The molecule has 2 aliphatic rings. The standard InChI is InChI=1S/C12H17N3O2/c13-9-11(10-14-3-1-2-4-14)12(16)15-5-7-17-8-6-15/h10H,1-8H2/b11-10-. The summed E-state index contributed by atoms with van der Waals surface area (Å²) in [6.07, 6.45) is 3.99. The molecule has 0 aliphatic carbocycles. The van der Waals surface area contributed by atoms with Crippen LogP contribution in [0.4, 0.5) is 0 Å². The van der Waals surface area contributed by atoms with E-state index < -0.39 is 0 Å². The number of hydrogen-bond acceptors (Lipinski definition) is 4. The maximum absolute atomic E-state index is 12.1. The molecule has 5 nitrogen and oxygen atoms in total. The van der Waals surface area contributed by atoms with E-state index in [1.54, 1.807) is 11.1 Å². The zero-order valence-electron chi connectivity index (χ0n) is 9.89. The first-order valence-corrected chi connectivity index (χ1v) is 6.04. The molecule has 2 heterocycles. The van der Waals surface area contributed by atoms with Crippen molar-refractivity contribution in [3.8, 4) is 6.07 Å². The molecule has 0 unspecified atom stereocenters. The molecule has 2 fully saturated rings. The monoisotopic (exact) mass is 235 g/mol. The van der Waals surface area contributed by atoms with Gasteiger partial charge in [0.25, 0.3) is 5.91 Å². The van der Waals surface area contributed by atoms with E-state index in [0.29, 0.717) is 26.3 Å². The Labute approximate surface area is 101 Å². The van der Waals surface area contributed by atoms with Gasteiger partial charge < -0.3 is 14.5 Å². The van der Waals surface area contributed by atoms with Crippen LogP contribution in [0, 0.1) is 11.3 Å². The fourth-order valence-corrected chi connectivity index (χ4v) is 2.12. The van der Waals surface area contributed by atoms with Crippen LogP contribution in [0.3, 0.4) is 0 Å². The molecule has 5 heteroatoms. The molecule has 92 valence electrons. The fraction of sp³-hybridized carbons (Fsp3) is 0.667. The number of likely N-dealkylation sites (tertiary alicyclic amines) is 1. The Kier molecular flexibility index (Phi) is 3.99. The van der Waals surface area contributed by atoms with Crippen molar-refractivity contribution in [2.24, 2.45) is 0 Å². The van der Waals surface area contributed by atoms with Crippen molar-refractivity contribution in [1.29, 1.82) is 5.26 Å². The van der Waals surface area contributed by atoms with Crippen LogP contribution < -0.4 is 0 Å². The van der Waals surface area contributed by atoms with Gasteiger partial charge in [-0.1, -0.05) is 0 Å². The van der Waals surface area contributed by atoms with Crippen molar-refractivity contribution < 1.29 is 9.53 Å². The molecule has 0 aromatic rings. The van der Waals surface area contributed by atoms with E-state index >= 15 is 0 Å². The molecule has 2 aliphatic heterocycles. The van der Waals surface area contributed by atoms with Gasteiger partial charge in [0.15, 0.2) is 0 Å². The van der Waals surface area contributed by atoms with Gasteiger partial charge in [-0.15, -0.1) is 0 Å². The first-order chi connectivity index (χ1) is 8.31. The lowest BCUT2D eigenvalue weighted by molar-refractivity contribution is -0.130. The van der Waals surface area contributed by atoms with Crippen LogP contribution in [0.5, 0.6) is 0 Å². The molecule has 1 amide bonds. The summed E-state index contributed by atoms with van der Waals surface area (Å²) in [5.41, 5.74) is 0.244. The number of ether oxygens (including phenoxy) is 1. The minimum absolute atomic E-state index is 0.164. The van der Waals surface area contributed by atoms with Gasteiger partial charge in [0, 0.05) is 32.4 Å². The Morgan fingerprint density at radius 1 is 1.18 bits per heavy atom. The third-order valence-electron chi connectivity index (χ3n) is 3.10. The summed E-state index contributed by atoms with van der Waals surface area (Å²) >= 11 is 0. The second-order valence-electron chi connectivity index (χ2n) is 4.30. The number of amides is 1. The van der Waals surface area contributed by atoms with Gasteiger partial charge in [0.1, 0.15) is 11.6 Å². The lowest BCUT2D eigenvalue weighted by Crippen LogP contribution is -2.41. The lowest BCUT2D eigenvalue weighted by atomic mass is 10.2. The zero-order valence-corrected chi connectivity index (χ0v) is 9.89. The lowest BCUT2D eigenvalue weighted by Gasteiger charge is -2.26. The summed E-state index contributed by atoms with van der Waals surface area (Å²) in [5, 5.41) is 9.06. The minimum atomic E-state index is -0.164. The molecule has 0 saturated carbocycles. The highest BCUT2D eigenvalue weighted by molar-refractivity contribution is 5.97. The second kappa shape index (κ2) is 5.69. The van der Waals surface area contributed by atoms with E-state index in [2.05, 4.69) is 4.90 Å². The average molecular weight is 235 g/mol. The predicted molar refractivity (Wildman–Crippen MR) is 61.9 cm³/mol. The smallest absolute Gasteiger partial charge is 0.266 e. The number of nitrogens with zero attached hydrogens (tertiary/aromatic N) is 3. The third-order valence-corrected chi connectivity index (χ3v) is 3.10. The summed E-state index contributed by atoms with van der Waals surface area (Å²) in [6, 6.07) is 2.01. The Hall–Kier alpha value is -1.54. The molecule has 0 aromatic carbocycles. The van der Waals surface area contributed by atoms with E-state index in [-0.39, 0.29) is 11.5 Å². The summed E-state index contributed by atoms with van der Waals surface area (Å²) < 4.78 is 5.19. The number of morpholine rings is 1. The summed E-state index contributed by atoms with van der Waals surface area (Å²) in [5.74, 6) is -0.164. The Morgan fingerprint density at radius 2 is 1.82 bits per heavy atom. The number of carbonyl (C=O) groups is 1. The van der Waals surface area contributed by atoms with Crippen molar-refractivity contribution in [3.05, 3.63) is 11.8 Å². The van der Waals surface area contributed by atoms with Gasteiger partial charge in [-0.05, 0) is 12.8 Å². The Bertz CT molecular complexity index is 347. The molecule has 0 spiro atoms. The number of carbonyl (C=O) groups excluding carboxylic acids is 1. The van der Waals surface area contributed by atoms with Crippen LogP contribution in [0.15, 0.2) is 11.8 Å². The van der Waals surface area contributed by atoms with E-state index in [4.69, 9.17) is 10.00 Å². The van der Waals surface area contributed by atoms with Crippen molar-refractivity contribution in [3.63, 3.8) is 0 Å². The zero-order chi connectivity index (χ0) is 12.1. The van der Waals surface area contributed by atoms with Gasteiger partial charge in [-0.25, -0.2) is 0 Å². The molecule has 2 rings (SSSR count). The van der Waals surface area contributed by atoms with E-state index in [9.17, 15) is 4.79 Å². The quantitative estimate of drug-likeness (QED) is 0.512. The molecular formula is C12H17N3O2. The first-order valence-electron chi connectivity index (χ1n) is 6.04. The second-order valence-corrected chi connectivity index (χ2v) is 4.30. The van der Waals surface area contributed by atoms with Gasteiger partial charge >= 0.3 is 0 Å². The molecule has 0 atom stereocenters. The number of hydrogen-bond donors (Lipinski definition) is 0. The van der Waals surface area contributed by atoms with Gasteiger partial charge in [0.05, 0.1) is 13.2 Å².